The number of carbonyl (C=O) groups excluding carboxylic acids is 1. The minimum Gasteiger partial charge on any atom is -0.497 e. The van der Waals surface area contributed by atoms with Gasteiger partial charge in [-0.2, -0.15) is 0 Å². The number of hydrogen-bond donors (Lipinski definition) is 2. The number of para-hydroxylation sites is 1. The van der Waals surface area contributed by atoms with Crippen LogP contribution in [0.1, 0.15) is 16.8 Å². The molecule has 0 atom stereocenters. The molecule has 3 rings (SSSR count). The van der Waals surface area contributed by atoms with Crippen LogP contribution in [0.3, 0.4) is 0 Å². The van der Waals surface area contributed by atoms with E-state index < -0.39 is 0 Å². The van der Waals surface area contributed by atoms with Crippen molar-refractivity contribution in [3.63, 3.8) is 0 Å². The fourth-order valence-corrected chi connectivity index (χ4v) is 2.64. The first kappa shape index (κ1) is 18.4. The lowest BCUT2D eigenvalue weighted by Gasteiger charge is -2.09. The average Bonchev–Trinajstić information content (AvgIpc) is 3.11. The molecule has 1 aromatic heterocycles. The summed E-state index contributed by atoms with van der Waals surface area (Å²) in [5, 5.41) is 14.0. The molecule has 140 valence electrons. The molecule has 1 heterocycles. The molecule has 0 saturated carbocycles. The van der Waals surface area contributed by atoms with Crippen LogP contribution in [-0.4, -0.2) is 34.7 Å². The number of nitrogens with zero attached hydrogens (tertiary/aromatic N) is 3. The number of anilines is 1. The Balaban J connectivity index is 1.45. The lowest BCUT2D eigenvalue weighted by Crippen LogP contribution is -2.31. The smallest absolute Gasteiger partial charge is 0.319 e. The van der Waals surface area contributed by atoms with E-state index in [9.17, 15) is 4.79 Å². The molecule has 3 aromatic rings. The topological polar surface area (TPSA) is 81.1 Å². The average molecular weight is 365 g/mol. The fraction of sp³-hybridized carbons (Fsp3) is 0.250. The van der Waals surface area contributed by atoms with Gasteiger partial charge in [-0.15, -0.1) is 5.10 Å². The van der Waals surface area contributed by atoms with E-state index in [0.717, 1.165) is 28.3 Å². The Hall–Kier alpha value is -3.35. The zero-order chi connectivity index (χ0) is 19.1. The number of aryl methyl sites for hydroxylation is 1. The Morgan fingerprint density at radius 3 is 2.67 bits per heavy atom. The number of hydrogen-bond acceptors (Lipinski definition) is 4. The van der Waals surface area contributed by atoms with Gasteiger partial charge in [-0.1, -0.05) is 35.5 Å². The summed E-state index contributed by atoms with van der Waals surface area (Å²) in [4.78, 5) is 12.0. The van der Waals surface area contributed by atoms with Gasteiger partial charge < -0.3 is 15.4 Å². The molecule has 0 radical (unpaired) electrons. The Kier molecular flexibility index (Phi) is 6.04. The van der Waals surface area contributed by atoms with E-state index in [4.69, 9.17) is 4.74 Å². The van der Waals surface area contributed by atoms with Gasteiger partial charge in [0.25, 0.3) is 0 Å². The van der Waals surface area contributed by atoms with Gasteiger partial charge in [0.05, 0.1) is 19.3 Å². The summed E-state index contributed by atoms with van der Waals surface area (Å²) in [7, 11) is 1.65. The van der Waals surface area contributed by atoms with E-state index >= 15 is 0 Å². The Morgan fingerprint density at radius 1 is 1.15 bits per heavy atom. The number of carbonyl (C=O) groups is 1. The molecule has 2 aromatic carbocycles. The summed E-state index contributed by atoms with van der Waals surface area (Å²) < 4.78 is 6.89. The molecule has 0 aliphatic carbocycles. The molecule has 0 spiro atoms. The van der Waals surface area contributed by atoms with E-state index in [2.05, 4.69) is 20.9 Å². The molecule has 2 N–H and O–H groups in total. The van der Waals surface area contributed by atoms with Crippen LogP contribution in [0, 0.1) is 6.92 Å². The zero-order valence-corrected chi connectivity index (χ0v) is 15.5. The molecule has 7 heteroatoms. The molecular formula is C20H23N5O2. The van der Waals surface area contributed by atoms with Crippen molar-refractivity contribution >= 4 is 11.7 Å². The first-order chi connectivity index (χ1) is 13.1. The van der Waals surface area contributed by atoms with E-state index in [0.29, 0.717) is 19.5 Å². The number of aromatic nitrogens is 3. The van der Waals surface area contributed by atoms with Crippen LogP contribution in [0.15, 0.2) is 54.7 Å². The van der Waals surface area contributed by atoms with E-state index in [1.807, 2.05) is 61.7 Å². The second kappa shape index (κ2) is 8.84. The predicted molar refractivity (Wildman–Crippen MR) is 104 cm³/mol. The molecule has 0 fully saturated rings. The normalized spacial score (nSPS) is 10.4. The van der Waals surface area contributed by atoms with Gasteiger partial charge in [0.15, 0.2) is 0 Å². The Morgan fingerprint density at radius 2 is 1.93 bits per heavy atom. The predicted octanol–water partition coefficient (Wildman–Crippen LogP) is 3.01. The van der Waals surface area contributed by atoms with Crippen molar-refractivity contribution in [3.05, 3.63) is 71.5 Å². The monoisotopic (exact) mass is 365 g/mol. The van der Waals surface area contributed by atoms with E-state index in [1.165, 1.54) is 0 Å². The maximum absolute atomic E-state index is 12.0. The highest BCUT2D eigenvalue weighted by atomic mass is 16.5. The van der Waals surface area contributed by atoms with Crippen LogP contribution >= 0.6 is 0 Å². The lowest BCUT2D eigenvalue weighted by molar-refractivity contribution is 0.251. The number of nitrogens with one attached hydrogen (secondary N) is 2. The molecule has 0 aliphatic heterocycles. The highest BCUT2D eigenvalue weighted by Gasteiger charge is 2.05. The van der Waals surface area contributed by atoms with Crippen LogP contribution in [0.25, 0.3) is 0 Å². The maximum atomic E-state index is 12.0. The largest absolute Gasteiger partial charge is 0.497 e. The fourth-order valence-electron chi connectivity index (χ4n) is 2.64. The van der Waals surface area contributed by atoms with Gasteiger partial charge in [0.2, 0.25) is 0 Å². The summed E-state index contributed by atoms with van der Waals surface area (Å²) in [5.74, 6) is 0.831. The van der Waals surface area contributed by atoms with Crippen molar-refractivity contribution in [1.29, 1.82) is 0 Å². The molecule has 0 unspecified atom stereocenters. The summed E-state index contributed by atoms with van der Waals surface area (Å²) >= 11 is 0. The van der Waals surface area contributed by atoms with Crippen molar-refractivity contribution in [2.24, 2.45) is 0 Å². The highest BCUT2D eigenvalue weighted by molar-refractivity contribution is 5.89. The van der Waals surface area contributed by atoms with Crippen LogP contribution in [0.2, 0.25) is 0 Å². The molecule has 7 nitrogen and oxygen atoms in total. The maximum Gasteiger partial charge on any atom is 0.319 e. The van der Waals surface area contributed by atoms with Crippen LogP contribution < -0.4 is 15.4 Å². The summed E-state index contributed by atoms with van der Waals surface area (Å²) in [5.41, 5.74) is 3.84. The number of urea groups is 1. The number of rotatable bonds is 7. The molecule has 0 aliphatic rings. The molecule has 2 amide bonds. The van der Waals surface area contributed by atoms with E-state index in [-0.39, 0.29) is 6.03 Å². The molecule has 0 saturated heterocycles. The van der Waals surface area contributed by atoms with Crippen molar-refractivity contribution in [2.75, 3.05) is 19.0 Å². The van der Waals surface area contributed by atoms with Crippen molar-refractivity contribution in [2.45, 2.75) is 19.9 Å². The lowest BCUT2D eigenvalue weighted by atomic mass is 10.1. The summed E-state index contributed by atoms with van der Waals surface area (Å²) in [6, 6.07) is 15.3. The Labute approximate surface area is 158 Å². The van der Waals surface area contributed by atoms with E-state index in [1.54, 1.807) is 11.8 Å². The third-order valence-corrected chi connectivity index (χ3v) is 4.15. The quantitative estimate of drug-likeness (QED) is 0.674. The third kappa shape index (κ3) is 5.31. The Bertz CT molecular complexity index is 889. The third-order valence-electron chi connectivity index (χ3n) is 4.15. The molecule has 0 bridgehead atoms. The van der Waals surface area contributed by atoms with Gasteiger partial charge in [-0.3, -0.25) is 4.68 Å². The van der Waals surface area contributed by atoms with Gasteiger partial charge in [0.1, 0.15) is 5.75 Å². The van der Waals surface area contributed by atoms with Crippen LogP contribution in [0.4, 0.5) is 10.5 Å². The second-order valence-electron chi connectivity index (χ2n) is 6.19. The van der Waals surface area contributed by atoms with Crippen LogP contribution in [0.5, 0.6) is 5.75 Å². The molecular weight excluding hydrogens is 342 g/mol. The van der Waals surface area contributed by atoms with Gasteiger partial charge in [0, 0.05) is 24.8 Å². The van der Waals surface area contributed by atoms with Gasteiger partial charge in [-0.05, 0) is 36.2 Å². The number of amides is 2. The number of methoxy groups -OCH3 is 1. The first-order valence-corrected chi connectivity index (χ1v) is 8.76. The molecule has 27 heavy (non-hydrogen) atoms. The van der Waals surface area contributed by atoms with Crippen molar-refractivity contribution < 1.29 is 9.53 Å². The number of benzene rings is 2. The van der Waals surface area contributed by atoms with Gasteiger partial charge in [-0.25, -0.2) is 4.79 Å². The first-order valence-electron chi connectivity index (χ1n) is 8.76. The van der Waals surface area contributed by atoms with Crippen LogP contribution in [-0.2, 0) is 13.0 Å². The van der Waals surface area contributed by atoms with Gasteiger partial charge >= 0.3 is 6.03 Å². The minimum absolute atomic E-state index is 0.233. The van der Waals surface area contributed by atoms with Crippen molar-refractivity contribution in [3.8, 4) is 5.75 Å². The SMILES string of the molecule is COc1ccc(Cc2cn(CCNC(=O)Nc3ccccc3C)nn2)cc1. The summed E-state index contributed by atoms with van der Waals surface area (Å²) in [6.45, 7) is 2.97. The minimum atomic E-state index is -0.233. The second-order valence-corrected chi connectivity index (χ2v) is 6.19. The summed E-state index contributed by atoms with van der Waals surface area (Å²) in [6.07, 6.45) is 2.59. The highest BCUT2D eigenvalue weighted by Crippen LogP contribution is 2.14. The zero-order valence-electron chi connectivity index (χ0n) is 15.5. The number of ether oxygens (including phenoxy) is 1. The van der Waals surface area contributed by atoms with Crippen molar-refractivity contribution in [1.82, 2.24) is 20.3 Å². The standard InChI is InChI=1S/C20H23N5O2/c1-15-5-3-4-6-19(15)22-20(26)21-11-12-25-14-17(23-24-25)13-16-7-9-18(27-2)10-8-16/h3-10,14H,11-13H2,1-2H3,(H2,21,22,26).